The molecule has 2 aromatic rings. The molecule has 2 rings (SSSR count). The highest BCUT2D eigenvalue weighted by Crippen LogP contribution is 2.30. The summed E-state index contributed by atoms with van der Waals surface area (Å²) in [6, 6.07) is 6.11. The Labute approximate surface area is 134 Å². The van der Waals surface area contributed by atoms with E-state index in [1.807, 2.05) is 0 Å². The van der Waals surface area contributed by atoms with Gasteiger partial charge < -0.3 is 10.3 Å². The third-order valence-corrected chi connectivity index (χ3v) is 3.73. The lowest BCUT2D eigenvalue weighted by molar-refractivity contribution is 0.488. The van der Waals surface area contributed by atoms with E-state index in [0.29, 0.717) is 0 Å². The topological polar surface area (TPSA) is 48.0 Å². The third kappa shape index (κ3) is 2.96. The Morgan fingerprint density at radius 2 is 2.05 bits per heavy atom. The zero-order chi connectivity index (χ0) is 16.3. The van der Waals surface area contributed by atoms with Crippen LogP contribution in [0.25, 0.3) is 0 Å². The molecule has 1 unspecified atom stereocenters. The van der Waals surface area contributed by atoms with Gasteiger partial charge in [0.2, 0.25) is 0 Å². The van der Waals surface area contributed by atoms with Gasteiger partial charge in [-0.2, -0.15) is 0 Å². The van der Waals surface area contributed by atoms with E-state index in [4.69, 9.17) is 5.73 Å². The number of aromatic nitrogens is 1. The van der Waals surface area contributed by atoms with Crippen molar-refractivity contribution in [2.75, 3.05) is 0 Å². The van der Waals surface area contributed by atoms with Crippen molar-refractivity contribution in [3.63, 3.8) is 0 Å². The molecule has 0 saturated heterocycles. The first-order chi connectivity index (χ1) is 10.4. The summed E-state index contributed by atoms with van der Waals surface area (Å²) in [4.78, 5) is 14.8. The highest BCUT2D eigenvalue weighted by molar-refractivity contribution is 9.12. The maximum Gasteiger partial charge on any atom is 0.255 e. The summed E-state index contributed by atoms with van der Waals surface area (Å²) in [7, 11) is 1.56. The maximum atomic E-state index is 14.2. The smallest absolute Gasteiger partial charge is 0.255 e. The zero-order valence-electron chi connectivity index (χ0n) is 11.7. The number of benzene rings is 1. The number of rotatable bonds is 3. The molecule has 1 aromatic heterocycles. The Hall–Kier alpha value is -1.97. The van der Waals surface area contributed by atoms with Crippen molar-refractivity contribution in [1.82, 2.24) is 4.57 Å². The molecular formula is C16H13BrF2N2O. The average molecular weight is 367 g/mol. The lowest BCUT2D eigenvalue weighted by atomic mass is 9.81. The summed E-state index contributed by atoms with van der Waals surface area (Å²) >= 11 is 2.95. The number of hydrogen-bond acceptors (Lipinski definition) is 2. The average Bonchev–Trinajstić information content (AvgIpc) is 2.50. The summed E-state index contributed by atoms with van der Waals surface area (Å²) in [5.74, 6) is 1.36. The fourth-order valence-corrected chi connectivity index (χ4v) is 2.42. The van der Waals surface area contributed by atoms with Crippen LogP contribution in [0.4, 0.5) is 8.78 Å². The second-order valence-electron chi connectivity index (χ2n) is 4.88. The lowest BCUT2D eigenvalue weighted by Crippen LogP contribution is -2.44. The highest BCUT2D eigenvalue weighted by Gasteiger charge is 2.34. The van der Waals surface area contributed by atoms with Crippen LogP contribution in [0.3, 0.4) is 0 Å². The Bertz CT molecular complexity index is 823. The van der Waals surface area contributed by atoms with Crippen molar-refractivity contribution < 1.29 is 8.78 Å². The maximum absolute atomic E-state index is 14.2. The van der Waals surface area contributed by atoms with Gasteiger partial charge in [0.05, 0.1) is 5.54 Å². The molecule has 1 atom stereocenters. The van der Waals surface area contributed by atoms with Crippen molar-refractivity contribution in [1.29, 1.82) is 0 Å². The van der Waals surface area contributed by atoms with E-state index in [9.17, 15) is 13.6 Å². The van der Waals surface area contributed by atoms with E-state index in [1.54, 1.807) is 19.3 Å². The molecule has 22 heavy (non-hydrogen) atoms. The fourth-order valence-electron chi connectivity index (χ4n) is 2.28. The summed E-state index contributed by atoms with van der Waals surface area (Å²) in [5.41, 5.74) is 4.43. The summed E-state index contributed by atoms with van der Waals surface area (Å²) in [5, 5.41) is 0. The summed E-state index contributed by atoms with van der Waals surface area (Å²) in [6.07, 6.45) is 1.52. The molecule has 6 heteroatoms. The van der Waals surface area contributed by atoms with Gasteiger partial charge in [-0.15, -0.1) is 0 Å². The van der Waals surface area contributed by atoms with Crippen LogP contribution in [0, 0.1) is 22.4 Å². The molecular weight excluding hydrogens is 354 g/mol. The van der Waals surface area contributed by atoms with Crippen molar-refractivity contribution in [2.24, 2.45) is 12.8 Å². The Morgan fingerprint density at radius 3 is 2.73 bits per heavy atom. The molecule has 1 aromatic carbocycles. The molecule has 0 fully saturated rings. The molecule has 0 aliphatic rings. The minimum Gasteiger partial charge on any atom is -0.318 e. The van der Waals surface area contributed by atoms with Crippen LogP contribution in [0.2, 0.25) is 0 Å². The predicted molar refractivity (Wildman–Crippen MR) is 84.3 cm³/mol. The molecule has 1 heterocycles. The number of nitrogens with two attached hydrogens (primary N) is 1. The Balaban J connectivity index is 2.77. The van der Waals surface area contributed by atoms with Gasteiger partial charge in [0.1, 0.15) is 11.6 Å². The van der Waals surface area contributed by atoms with Crippen molar-refractivity contribution in [2.45, 2.75) is 12.0 Å². The van der Waals surface area contributed by atoms with E-state index >= 15 is 0 Å². The molecule has 3 nitrogen and oxygen atoms in total. The van der Waals surface area contributed by atoms with Crippen molar-refractivity contribution in [3.8, 4) is 10.8 Å². The standard InChI is InChI=1S/C16H13BrF2N2O/c1-21-9-2-4-12(15(21)22)16(20,7-3-8-17)13-10-11(18)5-6-14(13)19/h2,4-6,9-10H,7,20H2,1H3. The largest absolute Gasteiger partial charge is 0.318 e. The predicted octanol–water partition coefficient (Wildman–Crippen LogP) is 2.61. The summed E-state index contributed by atoms with van der Waals surface area (Å²) < 4.78 is 29.1. The van der Waals surface area contributed by atoms with Gasteiger partial charge in [-0.25, -0.2) is 8.78 Å². The first-order valence-corrected chi connectivity index (χ1v) is 7.18. The normalized spacial score (nSPS) is 13.1. The number of hydrogen-bond donors (Lipinski definition) is 1. The van der Waals surface area contributed by atoms with Crippen LogP contribution < -0.4 is 11.3 Å². The van der Waals surface area contributed by atoms with E-state index in [2.05, 4.69) is 26.7 Å². The molecule has 0 aliphatic carbocycles. The second-order valence-corrected chi connectivity index (χ2v) is 5.28. The number of nitrogens with zero attached hydrogens (tertiary/aromatic N) is 1. The van der Waals surface area contributed by atoms with Gasteiger partial charge >= 0.3 is 0 Å². The SMILES string of the molecule is Cn1cccc(C(N)(CC#CBr)c2cc(F)ccc2F)c1=O. The minimum absolute atomic E-state index is 0.0438. The molecule has 0 bridgehead atoms. The first-order valence-electron chi connectivity index (χ1n) is 6.39. The van der Waals surface area contributed by atoms with Gasteiger partial charge in [0.15, 0.2) is 0 Å². The van der Waals surface area contributed by atoms with Crippen LogP contribution in [0.5, 0.6) is 0 Å². The second kappa shape index (κ2) is 6.42. The van der Waals surface area contributed by atoms with Gasteiger partial charge in [-0.05, 0) is 35.2 Å². The Morgan fingerprint density at radius 1 is 1.32 bits per heavy atom. The monoisotopic (exact) mass is 366 g/mol. The van der Waals surface area contributed by atoms with Crippen LogP contribution in [-0.2, 0) is 12.6 Å². The molecule has 0 aliphatic heterocycles. The van der Waals surface area contributed by atoms with Crippen LogP contribution >= 0.6 is 15.9 Å². The minimum atomic E-state index is -1.55. The van der Waals surface area contributed by atoms with E-state index in [-0.39, 0.29) is 23.1 Å². The molecule has 0 saturated carbocycles. The van der Waals surface area contributed by atoms with Gasteiger partial charge in [-0.1, -0.05) is 5.92 Å². The highest BCUT2D eigenvalue weighted by atomic mass is 79.9. The van der Waals surface area contributed by atoms with Gasteiger partial charge in [-0.3, -0.25) is 4.79 Å². The van der Waals surface area contributed by atoms with E-state index in [1.165, 1.54) is 10.6 Å². The van der Waals surface area contributed by atoms with E-state index < -0.39 is 17.2 Å². The molecule has 0 radical (unpaired) electrons. The van der Waals surface area contributed by atoms with Gasteiger partial charge in [0, 0.05) is 46.7 Å². The first kappa shape index (κ1) is 16.4. The van der Waals surface area contributed by atoms with Crippen LogP contribution in [-0.4, -0.2) is 4.57 Å². The lowest BCUT2D eigenvalue weighted by Gasteiger charge is -2.28. The van der Waals surface area contributed by atoms with Crippen LogP contribution in [0.15, 0.2) is 41.3 Å². The number of pyridine rings is 1. The molecule has 114 valence electrons. The summed E-state index contributed by atoms with van der Waals surface area (Å²) in [6.45, 7) is 0. The third-order valence-electron chi connectivity index (χ3n) is 3.45. The number of aryl methyl sites for hydroxylation is 1. The van der Waals surface area contributed by atoms with E-state index in [0.717, 1.165) is 18.2 Å². The van der Waals surface area contributed by atoms with Crippen LogP contribution in [0.1, 0.15) is 17.5 Å². The van der Waals surface area contributed by atoms with Crippen molar-refractivity contribution >= 4 is 15.9 Å². The molecule has 0 amide bonds. The van der Waals surface area contributed by atoms with Gasteiger partial charge in [0.25, 0.3) is 5.56 Å². The quantitative estimate of drug-likeness (QED) is 0.848. The molecule has 2 N–H and O–H groups in total. The Kier molecular flexibility index (Phi) is 4.79. The van der Waals surface area contributed by atoms with Crippen molar-refractivity contribution in [3.05, 3.63) is 69.6 Å². The zero-order valence-corrected chi connectivity index (χ0v) is 13.3. The molecule has 0 spiro atoms. The fraction of sp³-hybridized carbons (Fsp3) is 0.188. The number of halogens is 3.